The molecule has 2 aromatic rings. The minimum Gasteiger partial charge on any atom is -0.310 e. The Bertz CT molecular complexity index is 660. The lowest BCUT2D eigenvalue weighted by Gasteiger charge is -2.16. The molecule has 102 valence electrons. The van der Waals surface area contributed by atoms with E-state index in [-0.39, 0.29) is 11.3 Å². The molecule has 1 aliphatic carbocycles. The van der Waals surface area contributed by atoms with Gasteiger partial charge < -0.3 is 5.32 Å². The lowest BCUT2D eigenvalue weighted by atomic mass is 9.93. The first-order chi connectivity index (χ1) is 9.60. The summed E-state index contributed by atoms with van der Waals surface area (Å²) in [6.07, 6.45) is 1.82. The highest BCUT2D eigenvalue weighted by atomic mass is 16.2. The van der Waals surface area contributed by atoms with E-state index in [0.29, 0.717) is 5.82 Å². The van der Waals surface area contributed by atoms with Crippen LogP contribution in [0.3, 0.4) is 0 Å². The van der Waals surface area contributed by atoms with Crippen LogP contribution in [0.4, 0.5) is 5.82 Å². The summed E-state index contributed by atoms with van der Waals surface area (Å²) in [6.45, 7) is 3.97. The minimum absolute atomic E-state index is 0.0567. The molecular formula is C17H18N2O. The summed E-state index contributed by atoms with van der Waals surface area (Å²) < 4.78 is 0. The average Bonchev–Trinajstić information content (AvgIpc) is 3.20. The van der Waals surface area contributed by atoms with Crippen LogP contribution in [-0.4, -0.2) is 10.9 Å². The number of carbonyl (C=O) groups excluding carboxylic acids is 1. The van der Waals surface area contributed by atoms with Crippen molar-refractivity contribution >= 4 is 11.7 Å². The van der Waals surface area contributed by atoms with Gasteiger partial charge in [-0.05, 0) is 44.4 Å². The van der Waals surface area contributed by atoms with E-state index in [4.69, 9.17) is 0 Å². The Balaban J connectivity index is 1.83. The van der Waals surface area contributed by atoms with Gasteiger partial charge in [0.1, 0.15) is 5.82 Å². The topological polar surface area (TPSA) is 42.0 Å². The summed E-state index contributed by atoms with van der Waals surface area (Å²) >= 11 is 0. The standard InChI is InChI=1S/C17H18N2O/c1-12-5-3-7-14(11-12)17(9-10-17)16(20)19-15-8-4-6-13(2)18-15/h3-8,11H,9-10H2,1-2H3,(H,18,19,20). The molecule has 0 atom stereocenters. The summed E-state index contributed by atoms with van der Waals surface area (Å²) in [7, 11) is 0. The molecule has 1 amide bonds. The first-order valence-electron chi connectivity index (χ1n) is 6.92. The van der Waals surface area contributed by atoms with Crippen LogP contribution in [0.5, 0.6) is 0 Å². The van der Waals surface area contributed by atoms with Crippen molar-refractivity contribution in [1.82, 2.24) is 4.98 Å². The smallest absolute Gasteiger partial charge is 0.236 e. The number of nitrogens with one attached hydrogen (secondary N) is 1. The van der Waals surface area contributed by atoms with Crippen LogP contribution in [0.1, 0.15) is 29.7 Å². The molecule has 1 aromatic carbocycles. The number of amides is 1. The summed E-state index contributed by atoms with van der Waals surface area (Å²) in [5, 5.41) is 2.95. The second-order valence-corrected chi connectivity index (χ2v) is 5.57. The van der Waals surface area contributed by atoms with E-state index in [1.165, 1.54) is 5.56 Å². The van der Waals surface area contributed by atoms with Gasteiger partial charge in [-0.25, -0.2) is 4.98 Å². The molecule has 1 aromatic heterocycles. The molecular weight excluding hydrogens is 248 g/mol. The normalized spacial score (nSPS) is 15.7. The molecule has 1 saturated carbocycles. The SMILES string of the molecule is Cc1cccc(C2(C(=O)Nc3cccc(C)n3)CC2)c1. The maximum atomic E-state index is 12.6. The third-order valence-electron chi connectivity index (χ3n) is 3.89. The lowest BCUT2D eigenvalue weighted by molar-refractivity contribution is -0.118. The van der Waals surface area contributed by atoms with Crippen molar-refractivity contribution in [3.63, 3.8) is 0 Å². The van der Waals surface area contributed by atoms with Crippen molar-refractivity contribution in [2.75, 3.05) is 5.32 Å². The molecule has 1 fully saturated rings. The number of nitrogens with zero attached hydrogens (tertiary/aromatic N) is 1. The van der Waals surface area contributed by atoms with E-state index in [1.54, 1.807) is 0 Å². The van der Waals surface area contributed by atoms with Crippen molar-refractivity contribution in [2.24, 2.45) is 0 Å². The fourth-order valence-corrected chi connectivity index (χ4v) is 2.56. The number of rotatable bonds is 3. The van der Waals surface area contributed by atoms with Gasteiger partial charge in [0.05, 0.1) is 5.41 Å². The summed E-state index contributed by atoms with van der Waals surface area (Å²) in [6, 6.07) is 13.9. The maximum Gasteiger partial charge on any atom is 0.236 e. The number of carbonyl (C=O) groups is 1. The molecule has 0 bridgehead atoms. The fourth-order valence-electron chi connectivity index (χ4n) is 2.56. The lowest BCUT2D eigenvalue weighted by Crippen LogP contribution is -2.28. The minimum atomic E-state index is -0.350. The van der Waals surface area contributed by atoms with Crippen molar-refractivity contribution in [3.8, 4) is 0 Å². The van der Waals surface area contributed by atoms with Gasteiger partial charge in [0.25, 0.3) is 0 Å². The number of pyridine rings is 1. The van der Waals surface area contributed by atoms with Crippen LogP contribution >= 0.6 is 0 Å². The van der Waals surface area contributed by atoms with Crippen LogP contribution < -0.4 is 5.32 Å². The number of aryl methyl sites for hydroxylation is 2. The largest absolute Gasteiger partial charge is 0.310 e. The average molecular weight is 266 g/mol. The predicted molar refractivity (Wildman–Crippen MR) is 79.7 cm³/mol. The first kappa shape index (κ1) is 12.9. The molecule has 20 heavy (non-hydrogen) atoms. The van der Waals surface area contributed by atoms with Gasteiger partial charge >= 0.3 is 0 Å². The highest BCUT2D eigenvalue weighted by Crippen LogP contribution is 2.49. The van der Waals surface area contributed by atoms with Crippen LogP contribution in [0.2, 0.25) is 0 Å². The zero-order valence-electron chi connectivity index (χ0n) is 11.8. The summed E-state index contributed by atoms with van der Waals surface area (Å²) in [5.41, 5.74) is 2.86. The van der Waals surface area contributed by atoms with Crippen LogP contribution in [0.25, 0.3) is 0 Å². The van der Waals surface area contributed by atoms with Gasteiger partial charge in [-0.15, -0.1) is 0 Å². The van der Waals surface area contributed by atoms with Gasteiger partial charge in [-0.3, -0.25) is 4.79 Å². The Labute approximate surface area is 119 Å². The van der Waals surface area contributed by atoms with Crippen molar-refractivity contribution in [1.29, 1.82) is 0 Å². The third-order valence-corrected chi connectivity index (χ3v) is 3.89. The Morgan fingerprint density at radius 1 is 1.15 bits per heavy atom. The Kier molecular flexibility index (Phi) is 3.05. The Morgan fingerprint density at radius 3 is 2.55 bits per heavy atom. The second kappa shape index (κ2) is 4.75. The number of anilines is 1. The maximum absolute atomic E-state index is 12.6. The van der Waals surface area contributed by atoms with Crippen molar-refractivity contribution in [2.45, 2.75) is 32.1 Å². The molecule has 3 heteroatoms. The molecule has 3 rings (SSSR count). The van der Waals surface area contributed by atoms with E-state index in [1.807, 2.05) is 37.3 Å². The first-order valence-corrected chi connectivity index (χ1v) is 6.92. The Hall–Kier alpha value is -2.16. The van der Waals surface area contributed by atoms with Crippen molar-refractivity contribution < 1.29 is 4.79 Å². The molecule has 1 heterocycles. The number of benzene rings is 1. The molecule has 3 nitrogen and oxygen atoms in total. The molecule has 0 unspecified atom stereocenters. The van der Waals surface area contributed by atoms with Crippen LogP contribution in [0, 0.1) is 13.8 Å². The molecule has 0 spiro atoms. The second-order valence-electron chi connectivity index (χ2n) is 5.57. The highest BCUT2D eigenvalue weighted by Gasteiger charge is 2.51. The van der Waals surface area contributed by atoms with Gasteiger partial charge in [0, 0.05) is 5.69 Å². The van der Waals surface area contributed by atoms with Crippen LogP contribution in [0.15, 0.2) is 42.5 Å². The monoisotopic (exact) mass is 266 g/mol. The van der Waals surface area contributed by atoms with E-state index in [2.05, 4.69) is 29.4 Å². The van der Waals surface area contributed by atoms with E-state index >= 15 is 0 Å². The number of aromatic nitrogens is 1. The number of hydrogen-bond acceptors (Lipinski definition) is 2. The number of hydrogen-bond donors (Lipinski definition) is 1. The molecule has 1 N–H and O–H groups in total. The Morgan fingerprint density at radius 2 is 1.90 bits per heavy atom. The summed E-state index contributed by atoms with van der Waals surface area (Å²) in [5.74, 6) is 0.690. The van der Waals surface area contributed by atoms with Gasteiger partial charge in [0.15, 0.2) is 0 Å². The molecule has 0 aliphatic heterocycles. The van der Waals surface area contributed by atoms with E-state index in [0.717, 1.165) is 24.1 Å². The van der Waals surface area contributed by atoms with Gasteiger partial charge in [-0.1, -0.05) is 35.9 Å². The fraction of sp³-hybridized carbons (Fsp3) is 0.294. The van der Waals surface area contributed by atoms with Crippen LogP contribution in [-0.2, 0) is 10.2 Å². The van der Waals surface area contributed by atoms with Gasteiger partial charge in [0.2, 0.25) is 5.91 Å². The molecule has 1 aliphatic rings. The third kappa shape index (κ3) is 2.31. The molecule has 0 saturated heterocycles. The predicted octanol–water partition coefficient (Wildman–Crippen LogP) is 3.37. The quantitative estimate of drug-likeness (QED) is 0.925. The van der Waals surface area contributed by atoms with E-state index < -0.39 is 0 Å². The highest BCUT2D eigenvalue weighted by molar-refractivity contribution is 6.00. The van der Waals surface area contributed by atoms with Crippen molar-refractivity contribution in [3.05, 3.63) is 59.3 Å². The zero-order chi connectivity index (χ0) is 14.2. The van der Waals surface area contributed by atoms with E-state index in [9.17, 15) is 4.79 Å². The molecule has 0 radical (unpaired) electrons. The van der Waals surface area contributed by atoms with Gasteiger partial charge in [-0.2, -0.15) is 0 Å². The summed E-state index contributed by atoms with van der Waals surface area (Å²) in [4.78, 5) is 16.9. The zero-order valence-corrected chi connectivity index (χ0v) is 11.8.